The Bertz CT molecular complexity index is 554. The number of carbonyl (C=O) groups excluding carboxylic acids is 1. The summed E-state index contributed by atoms with van der Waals surface area (Å²) in [6, 6.07) is 0.851. The number of rotatable bonds is 5. The number of halogens is 3. The van der Waals surface area contributed by atoms with Gasteiger partial charge in [-0.05, 0) is 0 Å². The highest BCUT2D eigenvalue weighted by Crippen LogP contribution is 2.37. The molecule has 0 aromatic heterocycles. The third kappa shape index (κ3) is 3.10. The molecule has 9 heteroatoms. The van der Waals surface area contributed by atoms with E-state index in [0.717, 1.165) is 13.2 Å². The second kappa shape index (κ2) is 6.71. The molecule has 0 aliphatic rings. The zero-order valence-electron chi connectivity index (χ0n) is 10.7. The van der Waals surface area contributed by atoms with Gasteiger partial charge in [-0.25, -0.2) is 9.18 Å². The van der Waals surface area contributed by atoms with Gasteiger partial charge in [0.05, 0.1) is 17.1 Å². The summed E-state index contributed by atoms with van der Waals surface area (Å²) in [6.45, 7) is 0.174. The van der Waals surface area contributed by atoms with Crippen molar-refractivity contribution in [3.05, 3.63) is 32.6 Å². The fraction of sp³-hybridized carbons (Fsp3) is 0.364. The number of nitro benzene ring substituents is 1. The van der Waals surface area contributed by atoms with Crippen molar-refractivity contribution in [3.8, 4) is 0 Å². The largest absolute Gasteiger partial charge is 0.465 e. The summed E-state index contributed by atoms with van der Waals surface area (Å²) >= 11 is 11.2. The molecule has 1 aromatic carbocycles. The van der Waals surface area contributed by atoms with Crippen LogP contribution in [-0.2, 0) is 4.74 Å². The molecule has 1 rings (SSSR count). The molecule has 0 bridgehead atoms. The first-order valence-corrected chi connectivity index (χ1v) is 6.28. The Morgan fingerprint density at radius 3 is 2.65 bits per heavy atom. The number of nitrogens with zero attached hydrogens (tertiary/aromatic N) is 2. The lowest BCUT2D eigenvalue weighted by molar-refractivity contribution is -0.384. The van der Waals surface area contributed by atoms with Gasteiger partial charge in [-0.1, -0.05) is 11.6 Å². The summed E-state index contributed by atoms with van der Waals surface area (Å²) in [5.74, 6) is -1.98. The maximum atomic E-state index is 14.0. The lowest BCUT2D eigenvalue weighted by Gasteiger charge is -2.21. The van der Waals surface area contributed by atoms with E-state index in [1.807, 2.05) is 0 Å². The van der Waals surface area contributed by atoms with Crippen LogP contribution >= 0.6 is 23.2 Å². The minimum absolute atomic E-state index is 0.137. The third-order valence-corrected chi connectivity index (χ3v) is 3.00. The van der Waals surface area contributed by atoms with Gasteiger partial charge in [0, 0.05) is 25.5 Å². The molecule has 0 heterocycles. The van der Waals surface area contributed by atoms with Crippen molar-refractivity contribution in [2.75, 3.05) is 31.5 Å². The van der Waals surface area contributed by atoms with Crippen LogP contribution in [0.5, 0.6) is 0 Å². The maximum absolute atomic E-state index is 14.0. The number of alkyl halides is 1. The fourth-order valence-electron chi connectivity index (χ4n) is 1.66. The normalized spacial score (nSPS) is 10.2. The van der Waals surface area contributed by atoms with Gasteiger partial charge in [0.25, 0.3) is 5.69 Å². The number of ether oxygens (including phenoxy) is 1. The number of anilines is 1. The number of methoxy groups -OCH3 is 1. The quantitative estimate of drug-likeness (QED) is 0.360. The molecule has 0 radical (unpaired) electrons. The second-order valence-electron chi connectivity index (χ2n) is 3.77. The van der Waals surface area contributed by atoms with E-state index in [1.54, 1.807) is 0 Å². The molecule has 110 valence electrons. The lowest BCUT2D eigenvalue weighted by atomic mass is 10.1. The van der Waals surface area contributed by atoms with E-state index in [2.05, 4.69) is 4.74 Å². The number of hydrogen-bond acceptors (Lipinski definition) is 5. The summed E-state index contributed by atoms with van der Waals surface area (Å²) in [6.07, 6.45) is 0. The van der Waals surface area contributed by atoms with Gasteiger partial charge in [-0.2, -0.15) is 0 Å². The van der Waals surface area contributed by atoms with Crippen LogP contribution < -0.4 is 4.90 Å². The zero-order valence-corrected chi connectivity index (χ0v) is 12.2. The summed E-state index contributed by atoms with van der Waals surface area (Å²) < 4.78 is 18.5. The van der Waals surface area contributed by atoms with Crippen LogP contribution in [0.25, 0.3) is 0 Å². The average molecular weight is 325 g/mol. The number of hydrogen-bond donors (Lipinski definition) is 0. The molecule has 0 amide bonds. The van der Waals surface area contributed by atoms with Crippen LogP contribution in [0.4, 0.5) is 15.8 Å². The first kappa shape index (κ1) is 16.5. The Kier molecular flexibility index (Phi) is 5.52. The van der Waals surface area contributed by atoms with Crippen molar-refractivity contribution in [2.24, 2.45) is 0 Å². The Labute approximate surface area is 124 Å². The number of esters is 1. The molecule has 0 spiro atoms. The van der Waals surface area contributed by atoms with E-state index in [0.29, 0.717) is 0 Å². The van der Waals surface area contributed by atoms with Crippen LogP contribution in [0, 0.1) is 15.9 Å². The molecule has 0 N–H and O–H groups in total. The lowest BCUT2D eigenvalue weighted by Crippen LogP contribution is -2.24. The fourth-order valence-corrected chi connectivity index (χ4v) is 2.11. The summed E-state index contributed by atoms with van der Waals surface area (Å²) in [4.78, 5) is 23.3. The van der Waals surface area contributed by atoms with Crippen molar-refractivity contribution < 1.29 is 18.8 Å². The summed E-state index contributed by atoms with van der Waals surface area (Å²) in [7, 11) is 2.49. The summed E-state index contributed by atoms with van der Waals surface area (Å²) in [5, 5.41) is 10.5. The molecular weight excluding hydrogens is 314 g/mol. The summed E-state index contributed by atoms with van der Waals surface area (Å²) in [5.41, 5.74) is -1.30. The molecule has 0 aliphatic carbocycles. The van der Waals surface area contributed by atoms with Crippen molar-refractivity contribution in [1.82, 2.24) is 0 Å². The molecule has 0 unspecified atom stereocenters. The van der Waals surface area contributed by atoms with Gasteiger partial charge in [0.2, 0.25) is 0 Å². The van der Waals surface area contributed by atoms with Crippen molar-refractivity contribution in [1.29, 1.82) is 0 Å². The van der Waals surface area contributed by atoms with Gasteiger partial charge in [0.15, 0.2) is 5.82 Å². The molecule has 6 nitrogen and oxygen atoms in total. The maximum Gasteiger partial charge on any atom is 0.343 e. The molecule has 0 saturated carbocycles. The minimum atomic E-state index is -1.07. The first-order chi connectivity index (χ1) is 9.34. The molecule has 0 aliphatic heterocycles. The third-order valence-electron chi connectivity index (χ3n) is 2.56. The highest BCUT2D eigenvalue weighted by Gasteiger charge is 2.31. The molecule has 20 heavy (non-hydrogen) atoms. The number of carbonyl (C=O) groups is 1. The molecular formula is C11H11Cl2FN2O4. The monoisotopic (exact) mass is 324 g/mol. The van der Waals surface area contributed by atoms with Crippen molar-refractivity contribution in [2.45, 2.75) is 0 Å². The minimum Gasteiger partial charge on any atom is -0.465 e. The molecule has 0 saturated heterocycles. The number of benzene rings is 1. The van der Waals surface area contributed by atoms with Gasteiger partial charge >= 0.3 is 5.97 Å². The standard InChI is InChI=1S/C11H11Cl2FN2O4/c1-15(4-3-12)10-7(16(18)19)5-6(13)9(14)8(10)11(17)20-2/h5H,3-4H2,1-2H3. The second-order valence-corrected chi connectivity index (χ2v) is 4.56. The van der Waals surface area contributed by atoms with Crippen LogP contribution in [-0.4, -0.2) is 37.5 Å². The Morgan fingerprint density at radius 2 is 2.20 bits per heavy atom. The van der Waals surface area contributed by atoms with E-state index in [9.17, 15) is 19.3 Å². The molecule has 0 atom stereocenters. The van der Waals surface area contributed by atoms with E-state index < -0.39 is 33.0 Å². The van der Waals surface area contributed by atoms with E-state index in [1.165, 1.54) is 11.9 Å². The Morgan fingerprint density at radius 1 is 1.60 bits per heavy atom. The van der Waals surface area contributed by atoms with Crippen molar-refractivity contribution in [3.63, 3.8) is 0 Å². The predicted molar refractivity (Wildman–Crippen MR) is 73.4 cm³/mol. The van der Waals surface area contributed by atoms with E-state index in [-0.39, 0.29) is 18.1 Å². The van der Waals surface area contributed by atoms with Crippen molar-refractivity contribution >= 4 is 40.5 Å². The van der Waals surface area contributed by atoms with E-state index in [4.69, 9.17) is 23.2 Å². The van der Waals surface area contributed by atoms with Gasteiger partial charge in [0.1, 0.15) is 11.3 Å². The van der Waals surface area contributed by atoms with Gasteiger partial charge in [-0.15, -0.1) is 11.6 Å². The van der Waals surface area contributed by atoms with Crippen LogP contribution in [0.2, 0.25) is 5.02 Å². The highest BCUT2D eigenvalue weighted by molar-refractivity contribution is 6.31. The smallest absolute Gasteiger partial charge is 0.343 e. The molecule has 0 fully saturated rings. The predicted octanol–water partition coefficient (Wildman–Crippen LogP) is 2.85. The Hall–Kier alpha value is -1.60. The van der Waals surface area contributed by atoms with Gasteiger partial charge in [-0.3, -0.25) is 10.1 Å². The first-order valence-electron chi connectivity index (χ1n) is 5.36. The van der Waals surface area contributed by atoms with E-state index >= 15 is 0 Å². The average Bonchev–Trinajstić information content (AvgIpc) is 2.40. The topological polar surface area (TPSA) is 72.7 Å². The number of nitro groups is 1. The van der Waals surface area contributed by atoms with Crippen LogP contribution in [0.15, 0.2) is 6.07 Å². The SMILES string of the molecule is COC(=O)c1c(F)c(Cl)cc([N+](=O)[O-])c1N(C)CCCl. The van der Waals surface area contributed by atoms with Crippen LogP contribution in [0.1, 0.15) is 10.4 Å². The Balaban J connectivity index is 3.67. The zero-order chi connectivity index (χ0) is 15.4. The van der Waals surface area contributed by atoms with Crippen LogP contribution in [0.3, 0.4) is 0 Å². The molecule has 1 aromatic rings. The highest BCUT2D eigenvalue weighted by atomic mass is 35.5. The van der Waals surface area contributed by atoms with Gasteiger partial charge < -0.3 is 9.64 Å².